The molecule has 0 radical (unpaired) electrons. The van der Waals surface area contributed by atoms with Crippen molar-refractivity contribution in [1.82, 2.24) is 10.6 Å². The minimum Gasteiger partial charge on any atom is -0.313 e. The number of thiophene rings is 1. The molecule has 2 nitrogen and oxygen atoms in total. The molecule has 1 rings (SSSR count). The van der Waals surface area contributed by atoms with Gasteiger partial charge in [0, 0.05) is 25.7 Å². The molecule has 0 bridgehead atoms. The zero-order valence-electron chi connectivity index (χ0n) is 8.94. The van der Waals surface area contributed by atoms with Gasteiger partial charge in [0.05, 0.1) is 8.67 Å². The molecule has 0 aromatic carbocycles. The summed E-state index contributed by atoms with van der Waals surface area (Å²) in [7, 11) is 0. The second-order valence-electron chi connectivity index (χ2n) is 3.64. The number of hydrogen-bond donors (Lipinski definition) is 2. The van der Waals surface area contributed by atoms with Crippen LogP contribution in [0.25, 0.3) is 0 Å². The van der Waals surface area contributed by atoms with Gasteiger partial charge in [-0.1, -0.05) is 37.0 Å². The summed E-state index contributed by atoms with van der Waals surface area (Å²) in [6, 6.07) is 2.45. The van der Waals surface area contributed by atoms with E-state index in [1.54, 1.807) is 0 Å². The Labute approximate surface area is 105 Å². The first-order valence-electron chi connectivity index (χ1n) is 4.97. The number of halogens is 2. The molecule has 0 aliphatic carbocycles. The van der Waals surface area contributed by atoms with E-state index >= 15 is 0 Å². The Balaban J connectivity index is 2.17. The number of hydrogen-bond acceptors (Lipinski definition) is 3. The first-order chi connectivity index (χ1) is 7.09. The highest BCUT2D eigenvalue weighted by Gasteiger charge is 2.04. The van der Waals surface area contributed by atoms with Gasteiger partial charge in [-0.2, -0.15) is 0 Å². The molecule has 0 aliphatic heterocycles. The molecule has 2 N–H and O–H groups in total. The number of nitrogens with one attached hydrogen (secondary N) is 2. The third kappa shape index (κ3) is 5.18. The molecule has 15 heavy (non-hydrogen) atoms. The van der Waals surface area contributed by atoms with E-state index in [2.05, 4.69) is 24.5 Å². The van der Waals surface area contributed by atoms with Crippen molar-refractivity contribution in [2.75, 3.05) is 13.1 Å². The number of rotatable bonds is 6. The molecule has 0 spiro atoms. The Morgan fingerprint density at radius 2 is 2.07 bits per heavy atom. The molecular weight excluding hydrogens is 251 g/mol. The van der Waals surface area contributed by atoms with Crippen molar-refractivity contribution in [2.24, 2.45) is 0 Å². The Kier molecular flexibility index (Phi) is 5.94. The van der Waals surface area contributed by atoms with Crippen LogP contribution in [-0.2, 0) is 6.54 Å². The molecule has 5 heteroatoms. The maximum absolute atomic E-state index is 5.99. The Hall–Kier alpha value is 0.200. The summed E-state index contributed by atoms with van der Waals surface area (Å²) < 4.78 is 1.53. The zero-order chi connectivity index (χ0) is 11.3. The molecular formula is C10H16Cl2N2S. The molecule has 0 aliphatic rings. The van der Waals surface area contributed by atoms with Crippen LogP contribution in [0.2, 0.25) is 8.67 Å². The lowest BCUT2D eigenvalue weighted by atomic mass is 10.3. The van der Waals surface area contributed by atoms with Crippen molar-refractivity contribution in [3.63, 3.8) is 0 Å². The van der Waals surface area contributed by atoms with E-state index in [9.17, 15) is 0 Å². The molecule has 1 aromatic heterocycles. The molecule has 86 valence electrons. The lowest BCUT2D eigenvalue weighted by Crippen LogP contribution is -2.31. The van der Waals surface area contributed by atoms with Crippen molar-refractivity contribution in [3.05, 3.63) is 20.3 Å². The van der Waals surface area contributed by atoms with Crippen LogP contribution < -0.4 is 10.6 Å². The third-order valence-corrected chi connectivity index (χ3v) is 3.47. The predicted octanol–water partition coefficient (Wildman–Crippen LogP) is 3.14. The van der Waals surface area contributed by atoms with Crippen molar-refractivity contribution in [3.8, 4) is 0 Å². The van der Waals surface area contributed by atoms with Crippen molar-refractivity contribution in [2.45, 2.75) is 26.4 Å². The van der Waals surface area contributed by atoms with Crippen LogP contribution in [0.3, 0.4) is 0 Å². The highest BCUT2D eigenvalue weighted by Crippen LogP contribution is 2.30. The zero-order valence-corrected chi connectivity index (χ0v) is 11.3. The van der Waals surface area contributed by atoms with Crippen LogP contribution in [0.5, 0.6) is 0 Å². The van der Waals surface area contributed by atoms with Crippen molar-refractivity contribution >= 4 is 34.5 Å². The fourth-order valence-corrected chi connectivity index (χ4v) is 2.65. The first kappa shape index (κ1) is 13.3. The van der Waals surface area contributed by atoms with Gasteiger partial charge < -0.3 is 10.6 Å². The molecule has 0 saturated carbocycles. The fourth-order valence-electron chi connectivity index (χ4n) is 1.17. The summed E-state index contributed by atoms with van der Waals surface area (Å²) in [5.41, 5.74) is 1.08. The van der Waals surface area contributed by atoms with E-state index in [-0.39, 0.29) is 0 Å². The van der Waals surface area contributed by atoms with Crippen LogP contribution in [0, 0.1) is 0 Å². The third-order valence-electron chi connectivity index (χ3n) is 1.90. The topological polar surface area (TPSA) is 24.1 Å². The minimum atomic E-state index is 0.533. The second-order valence-corrected chi connectivity index (χ2v) is 5.92. The van der Waals surface area contributed by atoms with Gasteiger partial charge in [-0.25, -0.2) is 0 Å². The van der Waals surface area contributed by atoms with Crippen molar-refractivity contribution < 1.29 is 0 Å². The normalized spacial score (nSPS) is 11.3. The molecule has 1 aromatic rings. The smallest absolute Gasteiger partial charge is 0.0989 e. The van der Waals surface area contributed by atoms with E-state index in [0.717, 1.165) is 33.9 Å². The van der Waals surface area contributed by atoms with Crippen LogP contribution in [0.4, 0.5) is 0 Å². The van der Waals surface area contributed by atoms with E-state index < -0.39 is 0 Å². The van der Waals surface area contributed by atoms with Crippen LogP contribution in [-0.4, -0.2) is 19.1 Å². The van der Waals surface area contributed by atoms with Gasteiger partial charge in [0.25, 0.3) is 0 Å². The quantitative estimate of drug-likeness (QED) is 0.774. The van der Waals surface area contributed by atoms with Crippen LogP contribution in [0.15, 0.2) is 6.07 Å². The van der Waals surface area contributed by atoms with Gasteiger partial charge in [-0.3, -0.25) is 0 Å². The monoisotopic (exact) mass is 266 g/mol. The lowest BCUT2D eigenvalue weighted by molar-refractivity contribution is 0.556. The van der Waals surface area contributed by atoms with E-state index in [1.165, 1.54) is 11.3 Å². The van der Waals surface area contributed by atoms with Crippen molar-refractivity contribution in [1.29, 1.82) is 0 Å². The van der Waals surface area contributed by atoms with Gasteiger partial charge in [0.1, 0.15) is 0 Å². The SMILES string of the molecule is CC(C)NCCNCc1cc(Cl)sc1Cl. The fraction of sp³-hybridized carbons (Fsp3) is 0.600. The highest BCUT2D eigenvalue weighted by molar-refractivity contribution is 7.20. The minimum absolute atomic E-state index is 0.533. The van der Waals surface area contributed by atoms with Crippen LogP contribution >= 0.6 is 34.5 Å². The maximum atomic E-state index is 5.99. The summed E-state index contributed by atoms with van der Waals surface area (Å²) in [5, 5.41) is 6.64. The molecule has 0 saturated heterocycles. The van der Waals surface area contributed by atoms with E-state index in [0.29, 0.717) is 6.04 Å². The van der Waals surface area contributed by atoms with Gasteiger partial charge >= 0.3 is 0 Å². The molecule has 0 unspecified atom stereocenters. The first-order valence-corrected chi connectivity index (χ1v) is 6.54. The lowest BCUT2D eigenvalue weighted by Gasteiger charge is -2.08. The Morgan fingerprint density at radius 3 is 2.60 bits per heavy atom. The Morgan fingerprint density at radius 1 is 1.33 bits per heavy atom. The molecule has 0 fully saturated rings. The largest absolute Gasteiger partial charge is 0.313 e. The van der Waals surface area contributed by atoms with Gasteiger partial charge in [-0.15, -0.1) is 11.3 Å². The standard InChI is InChI=1S/C10H16Cl2N2S/c1-7(2)14-4-3-13-6-8-5-9(11)15-10(8)12/h5,7,13-14H,3-4,6H2,1-2H3. The van der Waals surface area contributed by atoms with E-state index in [1.807, 2.05) is 6.07 Å². The Bertz CT molecular complexity index is 300. The average molecular weight is 267 g/mol. The van der Waals surface area contributed by atoms with Gasteiger partial charge in [-0.05, 0) is 11.6 Å². The van der Waals surface area contributed by atoms with Crippen LogP contribution in [0.1, 0.15) is 19.4 Å². The summed E-state index contributed by atoms with van der Waals surface area (Å²) in [6.45, 7) is 6.95. The van der Waals surface area contributed by atoms with Gasteiger partial charge in [0.2, 0.25) is 0 Å². The summed E-state index contributed by atoms with van der Waals surface area (Å²) in [5.74, 6) is 0. The predicted molar refractivity (Wildman–Crippen MR) is 69.2 cm³/mol. The summed E-state index contributed by atoms with van der Waals surface area (Å²) >= 11 is 13.2. The highest BCUT2D eigenvalue weighted by atomic mass is 35.5. The van der Waals surface area contributed by atoms with Gasteiger partial charge in [0.15, 0.2) is 0 Å². The average Bonchev–Trinajstić information content (AvgIpc) is 2.44. The second kappa shape index (κ2) is 6.71. The maximum Gasteiger partial charge on any atom is 0.0989 e. The molecule has 1 heterocycles. The molecule has 0 amide bonds. The molecule has 0 atom stereocenters. The summed E-state index contributed by atoms with van der Waals surface area (Å²) in [6.07, 6.45) is 0. The summed E-state index contributed by atoms with van der Waals surface area (Å²) in [4.78, 5) is 0. The van der Waals surface area contributed by atoms with E-state index in [4.69, 9.17) is 23.2 Å².